The number of halogens is 3. The fourth-order valence-electron chi connectivity index (χ4n) is 4.03. The fourth-order valence-corrected chi connectivity index (χ4v) is 4.03. The molecule has 3 rings (SSSR count). The minimum atomic E-state index is -5.08. The molecule has 1 aliphatic rings. The van der Waals surface area contributed by atoms with Crippen molar-refractivity contribution in [2.24, 2.45) is 0 Å². The molecule has 1 fully saturated rings. The van der Waals surface area contributed by atoms with Crippen molar-refractivity contribution < 1.29 is 27.6 Å². The normalized spacial score (nSPS) is 16.3. The van der Waals surface area contributed by atoms with Gasteiger partial charge in [0.2, 0.25) is 11.7 Å². The summed E-state index contributed by atoms with van der Waals surface area (Å²) >= 11 is 0. The molecule has 1 aromatic carbocycles. The zero-order valence-electron chi connectivity index (χ0n) is 20.6. The van der Waals surface area contributed by atoms with Crippen molar-refractivity contribution in [1.29, 1.82) is 0 Å². The molecule has 0 radical (unpaired) electrons. The van der Waals surface area contributed by atoms with E-state index in [4.69, 9.17) is 14.4 Å². The summed E-state index contributed by atoms with van der Waals surface area (Å²) in [6.45, 7) is 4.31. The standard InChI is InChI=1S/C24H37N3O.C2HF3O2/c1-2-3-4-5-6-7-8-9-12-20-14-16-21(17-15-20)23-26-24(28-27-23)22-13-10-11-18-25-19-22;3-2(4,5)1(6)7/h14-17,22,25H,2-13,18-19H2,1H3;(H,6,7). The molecule has 0 amide bonds. The van der Waals surface area contributed by atoms with Crippen molar-refractivity contribution in [2.75, 3.05) is 13.1 Å². The average Bonchev–Trinajstić information content (AvgIpc) is 3.16. The third kappa shape index (κ3) is 11.2. The molecule has 9 heteroatoms. The van der Waals surface area contributed by atoms with E-state index in [1.54, 1.807) is 0 Å². The SMILES string of the molecule is CCCCCCCCCCc1ccc(-c2noc(C3CCCCNC3)n2)cc1.O=C(O)C(F)(F)F. The number of aromatic nitrogens is 2. The number of aryl methyl sites for hydroxylation is 1. The maximum absolute atomic E-state index is 10.6. The molecule has 2 N–H and O–H groups in total. The van der Waals surface area contributed by atoms with E-state index in [0.29, 0.717) is 5.92 Å². The van der Waals surface area contributed by atoms with E-state index in [1.807, 2.05) is 0 Å². The summed E-state index contributed by atoms with van der Waals surface area (Å²) in [6.07, 6.45) is 10.6. The monoisotopic (exact) mass is 497 g/mol. The van der Waals surface area contributed by atoms with Crippen LogP contribution in [0.3, 0.4) is 0 Å². The predicted octanol–water partition coefficient (Wildman–Crippen LogP) is 6.91. The number of aliphatic carboxylic acids is 1. The van der Waals surface area contributed by atoms with Gasteiger partial charge in [-0.1, -0.05) is 87.7 Å². The van der Waals surface area contributed by atoms with Gasteiger partial charge in [-0.25, -0.2) is 4.79 Å². The number of nitrogens with one attached hydrogen (secondary N) is 1. The van der Waals surface area contributed by atoms with E-state index in [2.05, 4.69) is 46.6 Å². The summed E-state index contributed by atoms with van der Waals surface area (Å²) in [4.78, 5) is 13.6. The van der Waals surface area contributed by atoms with E-state index >= 15 is 0 Å². The van der Waals surface area contributed by atoms with Gasteiger partial charge < -0.3 is 14.9 Å². The lowest BCUT2D eigenvalue weighted by Crippen LogP contribution is -2.21. The van der Waals surface area contributed by atoms with Crippen LogP contribution in [0.5, 0.6) is 0 Å². The minimum Gasteiger partial charge on any atom is -0.475 e. The zero-order chi connectivity index (χ0) is 25.5. The largest absolute Gasteiger partial charge is 0.490 e. The summed E-state index contributed by atoms with van der Waals surface area (Å²) in [5.41, 5.74) is 2.46. The Kier molecular flexibility index (Phi) is 12.8. The first-order chi connectivity index (χ1) is 16.8. The van der Waals surface area contributed by atoms with E-state index in [9.17, 15) is 13.2 Å². The lowest BCUT2D eigenvalue weighted by atomic mass is 10.0. The second kappa shape index (κ2) is 15.5. The first-order valence-electron chi connectivity index (χ1n) is 12.7. The van der Waals surface area contributed by atoms with Crippen LogP contribution in [0.4, 0.5) is 13.2 Å². The van der Waals surface area contributed by atoms with Gasteiger partial charge in [0.1, 0.15) is 0 Å². The topological polar surface area (TPSA) is 88.3 Å². The van der Waals surface area contributed by atoms with Gasteiger partial charge in [-0.3, -0.25) is 0 Å². The Labute approximate surface area is 205 Å². The lowest BCUT2D eigenvalue weighted by Gasteiger charge is -2.07. The Hall–Kier alpha value is -2.42. The Balaban J connectivity index is 0.000000540. The molecular weight excluding hydrogens is 459 g/mol. The number of carboxylic acids is 1. The van der Waals surface area contributed by atoms with E-state index in [0.717, 1.165) is 36.8 Å². The molecule has 6 nitrogen and oxygen atoms in total. The number of unbranched alkanes of at least 4 members (excludes halogenated alkanes) is 7. The highest BCUT2D eigenvalue weighted by molar-refractivity contribution is 5.73. The minimum absolute atomic E-state index is 0.352. The molecule has 0 saturated carbocycles. The van der Waals surface area contributed by atoms with Crippen molar-refractivity contribution in [3.05, 3.63) is 35.7 Å². The number of benzene rings is 1. The summed E-state index contributed by atoms with van der Waals surface area (Å²) < 4.78 is 37.3. The zero-order valence-corrected chi connectivity index (χ0v) is 20.6. The maximum atomic E-state index is 10.6. The molecule has 35 heavy (non-hydrogen) atoms. The lowest BCUT2D eigenvalue weighted by molar-refractivity contribution is -0.192. The molecule has 0 bridgehead atoms. The van der Waals surface area contributed by atoms with Gasteiger partial charge in [0.25, 0.3) is 0 Å². The number of alkyl halides is 3. The highest BCUT2D eigenvalue weighted by atomic mass is 19.4. The summed E-state index contributed by atoms with van der Waals surface area (Å²) in [5.74, 6) is -0.900. The van der Waals surface area contributed by atoms with Crippen LogP contribution in [-0.2, 0) is 11.2 Å². The number of hydrogen-bond acceptors (Lipinski definition) is 5. The smallest absolute Gasteiger partial charge is 0.475 e. The molecule has 1 aliphatic heterocycles. The van der Waals surface area contributed by atoms with Crippen molar-refractivity contribution in [2.45, 2.75) is 96.1 Å². The molecular formula is C26H38F3N3O3. The van der Waals surface area contributed by atoms with Crippen LogP contribution in [0.25, 0.3) is 11.4 Å². The maximum Gasteiger partial charge on any atom is 0.490 e. The predicted molar refractivity (Wildman–Crippen MR) is 129 cm³/mol. The molecule has 0 aliphatic carbocycles. The number of carbonyl (C=O) groups is 1. The Bertz CT molecular complexity index is 846. The number of nitrogens with zero attached hydrogens (tertiary/aromatic N) is 2. The van der Waals surface area contributed by atoms with Gasteiger partial charge in [0.05, 0.1) is 5.92 Å². The number of hydrogen-bond donors (Lipinski definition) is 2. The van der Waals surface area contributed by atoms with Crippen LogP contribution in [0.15, 0.2) is 28.8 Å². The van der Waals surface area contributed by atoms with Crippen LogP contribution < -0.4 is 5.32 Å². The molecule has 2 aromatic rings. The van der Waals surface area contributed by atoms with Crippen LogP contribution in [0.1, 0.15) is 94.9 Å². The molecule has 1 atom stereocenters. The Morgan fingerprint density at radius 3 is 2.31 bits per heavy atom. The Morgan fingerprint density at radius 2 is 1.69 bits per heavy atom. The van der Waals surface area contributed by atoms with E-state index in [1.165, 1.54) is 76.2 Å². The van der Waals surface area contributed by atoms with Crippen molar-refractivity contribution >= 4 is 5.97 Å². The summed E-state index contributed by atoms with van der Waals surface area (Å²) in [6, 6.07) is 8.72. The van der Waals surface area contributed by atoms with Gasteiger partial charge in [0, 0.05) is 12.1 Å². The fraction of sp³-hybridized carbons (Fsp3) is 0.654. The van der Waals surface area contributed by atoms with Gasteiger partial charge in [-0.2, -0.15) is 18.2 Å². The molecule has 1 aromatic heterocycles. The third-order valence-electron chi connectivity index (χ3n) is 6.11. The van der Waals surface area contributed by atoms with E-state index < -0.39 is 12.1 Å². The number of carboxylic acid groups (broad SMARTS) is 1. The molecule has 0 spiro atoms. The van der Waals surface area contributed by atoms with Crippen LogP contribution in [0.2, 0.25) is 0 Å². The highest BCUT2D eigenvalue weighted by Crippen LogP contribution is 2.25. The van der Waals surface area contributed by atoms with Gasteiger partial charge >= 0.3 is 12.1 Å². The summed E-state index contributed by atoms with van der Waals surface area (Å²) in [7, 11) is 0. The number of rotatable bonds is 11. The second-order valence-corrected chi connectivity index (χ2v) is 9.08. The summed E-state index contributed by atoms with van der Waals surface area (Å²) in [5, 5.41) is 14.8. The first-order valence-corrected chi connectivity index (χ1v) is 12.7. The second-order valence-electron chi connectivity index (χ2n) is 9.08. The Morgan fingerprint density at radius 1 is 1.06 bits per heavy atom. The quantitative estimate of drug-likeness (QED) is 0.328. The van der Waals surface area contributed by atoms with Gasteiger partial charge in [-0.05, 0) is 37.8 Å². The average molecular weight is 498 g/mol. The van der Waals surface area contributed by atoms with Gasteiger partial charge in [-0.15, -0.1) is 0 Å². The van der Waals surface area contributed by atoms with Crippen molar-refractivity contribution in [3.63, 3.8) is 0 Å². The molecule has 196 valence electrons. The molecule has 1 saturated heterocycles. The van der Waals surface area contributed by atoms with Crippen molar-refractivity contribution in [3.8, 4) is 11.4 Å². The van der Waals surface area contributed by atoms with Gasteiger partial charge in [0.15, 0.2) is 0 Å². The van der Waals surface area contributed by atoms with Crippen LogP contribution in [0, 0.1) is 0 Å². The molecule has 2 heterocycles. The van der Waals surface area contributed by atoms with Crippen molar-refractivity contribution in [1.82, 2.24) is 15.5 Å². The van der Waals surface area contributed by atoms with E-state index in [-0.39, 0.29) is 0 Å². The highest BCUT2D eigenvalue weighted by Gasteiger charge is 2.38. The van der Waals surface area contributed by atoms with Crippen LogP contribution in [-0.4, -0.2) is 40.5 Å². The molecule has 1 unspecified atom stereocenters. The third-order valence-corrected chi connectivity index (χ3v) is 6.11. The van der Waals surface area contributed by atoms with Crippen LogP contribution >= 0.6 is 0 Å². The first kappa shape index (κ1) is 28.8.